The molecule has 2 N–H and O–H groups in total. The Labute approximate surface area is 73.1 Å². The Balaban J connectivity index is 3.05. The summed E-state index contributed by atoms with van der Waals surface area (Å²) in [7, 11) is 0. The van der Waals surface area contributed by atoms with Gasteiger partial charge in [-0.3, -0.25) is 4.84 Å². The predicted octanol–water partition coefficient (Wildman–Crippen LogP) is 2.10. The van der Waals surface area contributed by atoms with E-state index in [1.54, 1.807) is 0 Å². The number of hydrogen-bond donors (Lipinski definition) is 1. The molecule has 2 nitrogen and oxygen atoms in total. The lowest BCUT2D eigenvalue weighted by atomic mass is 10.1. The van der Waals surface area contributed by atoms with Crippen molar-refractivity contribution in [1.82, 2.24) is 0 Å². The fourth-order valence-corrected chi connectivity index (χ4v) is 1.01. The van der Waals surface area contributed by atoms with Crippen LogP contribution in [0.2, 0.25) is 0 Å². The molecule has 0 saturated heterocycles. The second-order valence-electron chi connectivity index (χ2n) is 2.47. The molecule has 0 saturated carbocycles. The molecule has 0 aromatic heterocycles. The summed E-state index contributed by atoms with van der Waals surface area (Å²) in [6.45, 7) is -0.240. The van der Waals surface area contributed by atoms with E-state index in [9.17, 15) is 13.2 Å². The second-order valence-corrected chi connectivity index (χ2v) is 2.47. The summed E-state index contributed by atoms with van der Waals surface area (Å²) >= 11 is 0. The molecule has 0 spiro atoms. The molecule has 1 aromatic rings. The number of hydrogen-bond acceptors (Lipinski definition) is 2. The van der Waals surface area contributed by atoms with E-state index in [0.717, 1.165) is 6.07 Å². The zero-order chi connectivity index (χ0) is 9.90. The lowest BCUT2D eigenvalue weighted by molar-refractivity contribution is -0.138. The van der Waals surface area contributed by atoms with Crippen LogP contribution in [0.1, 0.15) is 11.1 Å². The van der Waals surface area contributed by atoms with Crippen LogP contribution in [0, 0.1) is 0 Å². The number of alkyl halides is 3. The van der Waals surface area contributed by atoms with Gasteiger partial charge in [-0.2, -0.15) is 13.2 Å². The average Bonchev–Trinajstić information content (AvgIpc) is 2.04. The van der Waals surface area contributed by atoms with Crippen molar-refractivity contribution in [3.8, 4) is 0 Å². The Kier molecular flexibility index (Phi) is 2.90. The zero-order valence-electron chi connectivity index (χ0n) is 6.64. The maximum Gasteiger partial charge on any atom is 0.416 e. The molecule has 0 amide bonds. The van der Waals surface area contributed by atoms with Gasteiger partial charge < -0.3 is 0 Å². The van der Waals surface area contributed by atoms with Crippen LogP contribution < -0.4 is 5.90 Å². The SMILES string of the molecule is NOCc1ccccc1C(F)(F)F. The third-order valence-electron chi connectivity index (χ3n) is 1.56. The first kappa shape index (κ1) is 10.0. The molecule has 0 heterocycles. The van der Waals surface area contributed by atoms with Crippen molar-refractivity contribution in [2.75, 3.05) is 0 Å². The largest absolute Gasteiger partial charge is 0.416 e. The molecule has 13 heavy (non-hydrogen) atoms. The fraction of sp³-hybridized carbons (Fsp3) is 0.250. The highest BCUT2D eigenvalue weighted by molar-refractivity contribution is 5.28. The predicted molar refractivity (Wildman–Crippen MR) is 40.4 cm³/mol. The highest BCUT2D eigenvalue weighted by atomic mass is 19.4. The van der Waals surface area contributed by atoms with Gasteiger partial charge in [-0.25, -0.2) is 5.90 Å². The maximum atomic E-state index is 12.3. The van der Waals surface area contributed by atoms with E-state index < -0.39 is 11.7 Å². The third kappa shape index (κ3) is 2.43. The van der Waals surface area contributed by atoms with E-state index in [4.69, 9.17) is 5.90 Å². The van der Waals surface area contributed by atoms with Crippen molar-refractivity contribution in [3.63, 3.8) is 0 Å². The minimum atomic E-state index is -4.35. The number of benzene rings is 1. The summed E-state index contributed by atoms with van der Waals surface area (Å²) in [6, 6.07) is 5.15. The highest BCUT2D eigenvalue weighted by Crippen LogP contribution is 2.31. The van der Waals surface area contributed by atoms with E-state index in [-0.39, 0.29) is 12.2 Å². The van der Waals surface area contributed by atoms with E-state index in [0.29, 0.717) is 0 Å². The van der Waals surface area contributed by atoms with Gasteiger partial charge in [0, 0.05) is 0 Å². The van der Waals surface area contributed by atoms with Crippen molar-refractivity contribution in [2.24, 2.45) is 5.90 Å². The van der Waals surface area contributed by atoms with Crippen molar-refractivity contribution < 1.29 is 18.0 Å². The van der Waals surface area contributed by atoms with Gasteiger partial charge in [-0.05, 0) is 11.6 Å². The van der Waals surface area contributed by atoms with Gasteiger partial charge in [0.15, 0.2) is 0 Å². The molecule has 0 unspecified atom stereocenters. The van der Waals surface area contributed by atoms with E-state index in [1.165, 1.54) is 18.2 Å². The van der Waals surface area contributed by atoms with Crippen molar-refractivity contribution in [1.29, 1.82) is 0 Å². The van der Waals surface area contributed by atoms with Gasteiger partial charge in [0.1, 0.15) is 0 Å². The van der Waals surface area contributed by atoms with Crippen LogP contribution >= 0.6 is 0 Å². The van der Waals surface area contributed by atoms with Crippen LogP contribution in [0.25, 0.3) is 0 Å². The molecular weight excluding hydrogens is 183 g/mol. The quantitative estimate of drug-likeness (QED) is 0.726. The van der Waals surface area contributed by atoms with Crippen molar-refractivity contribution >= 4 is 0 Å². The van der Waals surface area contributed by atoms with Crippen LogP contribution in [0.4, 0.5) is 13.2 Å². The summed E-state index contributed by atoms with van der Waals surface area (Å²) in [5, 5.41) is 0. The molecule has 0 radical (unpaired) electrons. The van der Waals surface area contributed by atoms with Gasteiger partial charge >= 0.3 is 6.18 Å². The molecule has 1 rings (SSSR count). The summed E-state index contributed by atoms with van der Waals surface area (Å²) in [5.41, 5.74) is -0.669. The standard InChI is InChI=1S/C8H8F3NO/c9-8(10,11)7-4-2-1-3-6(7)5-13-12/h1-4H,5,12H2. The third-order valence-corrected chi connectivity index (χ3v) is 1.56. The van der Waals surface area contributed by atoms with Gasteiger partial charge in [-0.1, -0.05) is 18.2 Å². The first-order valence-electron chi connectivity index (χ1n) is 3.52. The molecule has 1 aromatic carbocycles. The summed E-state index contributed by atoms with van der Waals surface area (Å²) in [5.74, 6) is 4.71. The molecule has 0 aliphatic rings. The van der Waals surface area contributed by atoms with Crippen molar-refractivity contribution in [3.05, 3.63) is 35.4 Å². The number of halogens is 3. The van der Waals surface area contributed by atoms with Gasteiger partial charge in [0.25, 0.3) is 0 Å². The first-order valence-corrected chi connectivity index (χ1v) is 3.52. The molecule has 72 valence electrons. The zero-order valence-corrected chi connectivity index (χ0v) is 6.64. The minimum Gasteiger partial charge on any atom is -0.300 e. The van der Waals surface area contributed by atoms with E-state index in [1.807, 2.05) is 0 Å². The highest BCUT2D eigenvalue weighted by Gasteiger charge is 2.32. The first-order chi connectivity index (χ1) is 6.05. The molecule has 0 atom stereocenters. The van der Waals surface area contributed by atoms with Crippen LogP contribution in [0.3, 0.4) is 0 Å². The molecule has 0 fully saturated rings. The smallest absolute Gasteiger partial charge is 0.300 e. The Morgan fingerprint density at radius 3 is 2.38 bits per heavy atom. The second kappa shape index (κ2) is 3.76. The van der Waals surface area contributed by atoms with Crippen molar-refractivity contribution in [2.45, 2.75) is 12.8 Å². The summed E-state index contributed by atoms with van der Waals surface area (Å²) < 4.78 is 36.8. The molecule has 0 aliphatic carbocycles. The monoisotopic (exact) mass is 191 g/mol. The Morgan fingerprint density at radius 1 is 1.23 bits per heavy atom. The lowest BCUT2D eigenvalue weighted by Crippen LogP contribution is -2.11. The van der Waals surface area contributed by atoms with Crippen LogP contribution in [-0.4, -0.2) is 0 Å². The topological polar surface area (TPSA) is 35.2 Å². The average molecular weight is 191 g/mol. The van der Waals surface area contributed by atoms with E-state index in [2.05, 4.69) is 4.84 Å². The van der Waals surface area contributed by atoms with Crippen LogP contribution in [0.15, 0.2) is 24.3 Å². The van der Waals surface area contributed by atoms with Crippen LogP contribution in [-0.2, 0) is 17.6 Å². The lowest BCUT2D eigenvalue weighted by Gasteiger charge is -2.10. The summed E-state index contributed by atoms with van der Waals surface area (Å²) in [4.78, 5) is 4.16. The Bertz CT molecular complexity index is 285. The fourth-order valence-electron chi connectivity index (χ4n) is 1.01. The molecular formula is C8H8F3NO. The molecule has 0 bridgehead atoms. The normalized spacial score (nSPS) is 11.7. The summed E-state index contributed by atoms with van der Waals surface area (Å²) in [6.07, 6.45) is -4.35. The number of rotatable bonds is 2. The van der Waals surface area contributed by atoms with Gasteiger partial charge in [-0.15, -0.1) is 0 Å². The van der Waals surface area contributed by atoms with Gasteiger partial charge in [0.2, 0.25) is 0 Å². The number of nitrogens with two attached hydrogens (primary N) is 1. The molecule has 5 heteroatoms. The van der Waals surface area contributed by atoms with Gasteiger partial charge in [0.05, 0.1) is 12.2 Å². The van der Waals surface area contributed by atoms with Crippen LogP contribution in [0.5, 0.6) is 0 Å². The minimum absolute atomic E-state index is 0.0394. The molecule has 0 aliphatic heterocycles. The van der Waals surface area contributed by atoms with E-state index >= 15 is 0 Å². The Morgan fingerprint density at radius 2 is 1.85 bits per heavy atom. The maximum absolute atomic E-state index is 12.3. The Hall–Kier alpha value is -1.07.